The number of nitro groups is 1. The van der Waals surface area contributed by atoms with Crippen molar-refractivity contribution in [2.45, 2.75) is 6.92 Å². The minimum absolute atomic E-state index is 0.108. The van der Waals surface area contributed by atoms with Crippen LogP contribution in [-0.4, -0.2) is 16.0 Å². The average molecular weight is 196 g/mol. The second kappa shape index (κ2) is 3.33. The smallest absolute Gasteiger partial charge is 0.336 e. The number of nitro benzene ring substituents is 1. The summed E-state index contributed by atoms with van der Waals surface area (Å²) in [7, 11) is 0. The van der Waals surface area contributed by atoms with Gasteiger partial charge in [0.05, 0.1) is 10.5 Å². The summed E-state index contributed by atoms with van der Waals surface area (Å²) in [6.07, 6.45) is 0. The van der Waals surface area contributed by atoms with Crippen molar-refractivity contribution >= 4 is 17.3 Å². The van der Waals surface area contributed by atoms with Crippen LogP contribution in [-0.2, 0) is 0 Å². The number of carboxylic acid groups (broad SMARTS) is 1. The molecule has 1 aromatic carbocycles. The standard InChI is InChI=1S/C8H8N2O4/c1-4-6(8(11)12)2-5(10(13)14)3-7(4)9/h2-3H,9H2,1H3,(H,11,12). The lowest BCUT2D eigenvalue weighted by atomic mass is 10.1. The van der Waals surface area contributed by atoms with Gasteiger partial charge in [0.1, 0.15) is 0 Å². The summed E-state index contributed by atoms with van der Waals surface area (Å²) in [6.45, 7) is 1.50. The molecule has 0 saturated carbocycles. The third-order valence-electron chi connectivity index (χ3n) is 1.87. The van der Waals surface area contributed by atoms with Gasteiger partial charge in [-0.15, -0.1) is 0 Å². The molecule has 6 heteroatoms. The van der Waals surface area contributed by atoms with E-state index in [1.54, 1.807) is 0 Å². The van der Waals surface area contributed by atoms with Crippen LogP contribution in [0.1, 0.15) is 15.9 Å². The third kappa shape index (κ3) is 1.63. The summed E-state index contributed by atoms with van der Waals surface area (Å²) in [5.74, 6) is -1.22. The van der Waals surface area contributed by atoms with E-state index >= 15 is 0 Å². The molecule has 0 bridgehead atoms. The lowest BCUT2D eigenvalue weighted by molar-refractivity contribution is -0.384. The number of benzene rings is 1. The first kappa shape index (κ1) is 9.97. The van der Waals surface area contributed by atoms with E-state index in [-0.39, 0.29) is 16.9 Å². The number of non-ortho nitro benzene ring substituents is 1. The molecule has 14 heavy (non-hydrogen) atoms. The summed E-state index contributed by atoms with van der Waals surface area (Å²) in [5.41, 5.74) is 5.42. The largest absolute Gasteiger partial charge is 0.478 e. The Kier molecular flexibility index (Phi) is 2.37. The van der Waals surface area contributed by atoms with Crippen molar-refractivity contribution in [1.82, 2.24) is 0 Å². The Balaban J connectivity index is 3.43. The molecule has 0 atom stereocenters. The van der Waals surface area contributed by atoms with Gasteiger partial charge in [0.2, 0.25) is 0 Å². The fourth-order valence-electron chi connectivity index (χ4n) is 1.05. The van der Waals surface area contributed by atoms with Crippen LogP contribution in [0.15, 0.2) is 12.1 Å². The molecule has 0 amide bonds. The second-order valence-electron chi connectivity index (χ2n) is 2.77. The SMILES string of the molecule is Cc1c(N)cc([N+](=O)[O-])cc1C(=O)O. The number of carboxylic acids is 1. The summed E-state index contributed by atoms with van der Waals surface area (Å²) < 4.78 is 0. The first-order valence-corrected chi connectivity index (χ1v) is 3.71. The van der Waals surface area contributed by atoms with Crippen LogP contribution in [0.3, 0.4) is 0 Å². The fraction of sp³-hybridized carbons (Fsp3) is 0.125. The highest BCUT2D eigenvalue weighted by atomic mass is 16.6. The van der Waals surface area contributed by atoms with E-state index in [2.05, 4.69) is 0 Å². The van der Waals surface area contributed by atoms with Gasteiger partial charge in [-0.25, -0.2) is 4.79 Å². The number of nitrogen functional groups attached to an aromatic ring is 1. The number of hydrogen-bond donors (Lipinski definition) is 2. The van der Waals surface area contributed by atoms with Gasteiger partial charge in [0, 0.05) is 17.8 Å². The first-order valence-electron chi connectivity index (χ1n) is 3.71. The lowest BCUT2D eigenvalue weighted by Crippen LogP contribution is -2.04. The summed E-state index contributed by atoms with van der Waals surface area (Å²) in [4.78, 5) is 20.4. The number of nitrogens with two attached hydrogens (primary N) is 1. The van der Waals surface area contributed by atoms with Crippen LogP contribution < -0.4 is 5.73 Å². The molecule has 0 unspecified atom stereocenters. The van der Waals surface area contributed by atoms with Gasteiger partial charge < -0.3 is 10.8 Å². The molecular formula is C8H8N2O4. The zero-order valence-electron chi connectivity index (χ0n) is 7.35. The van der Waals surface area contributed by atoms with E-state index in [0.29, 0.717) is 5.56 Å². The topological polar surface area (TPSA) is 106 Å². The van der Waals surface area contributed by atoms with E-state index in [9.17, 15) is 14.9 Å². The molecule has 3 N–H and O–H groups in total. The van der Waals surface area contributed by atoms with Crippen LogP contribution in [0, 0.1) is 17.0 Å². The Labute approximate surface area is 79.1 Å². The van der Waals surface area contributed by atoms with Crippen LogP contribution in [0.4, 0.5) is 11.4 Å². The van der Waals surface area contributed by atoms with Gasteiger partial charge in [-0.05, 0) is 12.5 Å². The van der Waals surface area contributed by atoms with Gasteiger partial charge in [0.15, 0.2) is 0 Å². The third-order valence-corrected chi connectivity index (χ3v) is 1.87. The molecule has 6 nitrogen and oxygen atoms in total. The molecule has 74 valence electrons. The predicted octanol–water partition coefficient (Wildman–Crippen LogP) is 1.18. The normalized spacial score (nSPS) is 9.79. The summed E-state index contributed by atoms with van der Waals surface area (Å²) in [6, 6.07) is 2.13. The molecule has 0 saturated heterocycles. The molecule has 0 heterocycles. The predicted molar refractivity (Wildman–Crippen MR) is 49.2 cm³/mol. The summed E-state index contributed by atoms with van der Waals surface area (Å²) >= 11 is 0. The van der Waals surface area contributed by atoms with Gasteiger partial charge in [-0.3, -0.25) is 10.1 Å². The molecule has 0 aliphatic heterocycles. The Morgan fingerprint density at radius 1 is 1.57 bits per heavy atom. The zero-order valence-corrected chi connectivity index (χ0v) is 7.35. The highest BCUT2D eigenvalue weighted by Gasteiger charge is 2.16. The van der Waals surface area contributed by atoms with E-state index in [4.69, 9.17) is 10.8 Å². The van der Waals surface area contributed by atoms with Crippen molar-refractivity contribution < 1.29 is 14.8 Å². The first-order chi connectivity index (χ1) is 6.43. The number of hydrogen-bond acceptors (Lipinski definition) is 4. The van der Waals surface area contributed by atoms with Crippen LogP contribution in [0.2, 0.25) is 0 Å². The lowest BCUT2D eigenvalue weighted by Gasteiger charge is -2.03. The molecule has 0 fully saturated rings. The molecule has 0 radical (unpaired) electrons. The van der Waals surface area contributed by atoms with Crippen molar-refractivity contribution in [3.05, 3.63) is 33.4 Å². The highest BCUT2D eigenvalue weighted by molar-refractivity contribution is 5.92. The van der Waals surface area contributed by atoms with E-state index < -0.39 is 10.9 Å². The average Bonchev–Trinajstić information content (AvgIpc) is 2.08. The molecule has 0 spiro atoms. The quantitative estimate of drug-likeness (QED) is 0.419. The molecule has 1 aromatic rings. The van der Waals surface area contributed by atoms with Gasteiger partial charge in [-0.2, -0.15) is 0 Å². The Morgan fingerprint density at radius 2 is 2.14 bits per heavy atom. The maximum absolute atomic E-state index is 10.7. The molecular weight excluding hydrogens is 188 g/mol. The van der Waals surface area contributed by atoms with Crippen molar-refractivity contribution in [2.75, 3.05) is 5.73 Å². The minimum Gasteiger partial charge on any atom is -0.478 e. The highest BCUT2D eigenvalue weighted by Crippen LogP contribution is 2.23. The van der Waals surface area contributed by atoms with Gasteiger partial charge in [0.25, 0.3) is 5.69 Å². The van der Waals surface area contributed by atoms with Crippen LogP contribution in [0.25, 0.3) is 0 Å². The van der Waals surface area contributed by atoms with Crippen molar-refractivity contribution in [3.8, 4) is 0 Å². The number of rotatable bonds is 2. The van der Waals surface area contributed by atoms with Crippen LogP contribution >= 0.6 is 0 Å². The molecule has 0 aliphatic rings. The zero-order chi connectivity index (χ0) is 10.9. The Morgan fingerprint density at radius 3 is 2.57 bits per heavy atom. The van der Waals surface area contributed by atoms with Crippen LogP contribution in [0.5, 0.6) is 0 Å². The molecule has 1 rings (SSSR count). The van der Waals surface area contributed by atoms with Crippen molar-refractivity contribution in [3.63, 3.8) is 0 Å². The van der Waals surface area contributed by atoms with E-state index in [1.807, 2.05) is 0 Å². The number of aromatic carboxylic acids is 1. The van der Waals surface area contributed by atoms with Crippen molar-refractivity contribution in [2.24, 2.45) is 0 Å². The summed E-state index contributed by atoms with van der Waals surface area (Å²) in [5, 5.41) is 19.1. The maximum atomic E-state index is 10.7. The Bertz CT molecular complexity index is 414. The van der Waals surface area contributed by atoms with Gasteiger partial charge in [-0.1, -0.05) is 0 Å². The number of anilines is 1. The van der Waals surface area contributed by atoms with Crippen molar-refractivity contribution in [1.29, 1.82) is 0 Å². The van der Waals surface area contributed by atoms with Gasteiger partial charge >= 0.3 is 5.97 Å². The monoisotopic (exact) mass is 196 g/mol. The van der Waals surface area contributed by atoms with E-state index in [1.165, 1.54) is 6.92 Å². The minimum atomic E-state index is -1.22. The van der Waals surface area contributed by atoms with E-state index in [0.717, 1.165) is 12.1 Å². The Hall–Kier alpha value is -2.11. The molecule has 0 aromatic heterocycles. The second-order valence-corrected chi connectivity index (χ2v) is 2.77. The fourth-order valence-corrected chi connectivity index (χ4v) is 1.05. The molecule has 0 aliphatic carbocycles. The number of nitrogens with zero attached hydrogens (tertiary/aromatic N) is 1. The number of carbonyl (C=O) groups is 1. The maximum Gasteiger partial charge on any atom is 0.336 e.